The molecule has 2 aliphatic heterocycles. The van der Waals surface area contributed by atoms with Gasteiger partial charge in [0.1, 0.15) is 0 Å². The van der Waals surface area contributed by atoms with Crippen LogP contribution in [0.15, 0.2) is 24.5 Å². The largest absolute Gasteiger partial charge is 0.379 e. The molecule has 2 saturated heterocycles. The van der Waals surface area contributed by atoms with E-state index >= 15 is 0 Å². The van der Waals surface area contributed by atoms with Gasteiger partial charge in [-0.3, -0.25) is 14.7 Å². The van der Waals surface area contributed by atoms with E-state index in [9.17, 15) is 4.79 Å². The lowest BCUT2D eigenvalue weighted by molar-refractivity contribution is 0.0361. The van der Waals surface area contributed by atoms with Gasteiger partial charge in [-0.2, -0.15) is 0 Å². The van der Waals surface area contributed by atoms with Crippen molar-refractivity contribution in [2.45, 2.75) is 12.8 Å². The number of amides is 1. The zero-order valence-corrected chi connectivity index (χ0v) is 14.4. The second-order valence-corrected chi connectivity index (χ2v) is 6.53. The lowest BCUT2D eigenvalue weighted by Crippen LogP contribution is -2.39. The van der Waals surface area contributed by atoms with E-state index in [1.54, 1.807) is 24.5 Å². The number of rotatable bonds is 5. The van der Waals surface area contributed by atoms with E-state index in [4.69, 9.17) is 4.74 Å². The molecule has 1 amide bonds. The minimum Gasteiger partial charge on any atom is -0.379 e. The van der Waals surface area contributed by atoms with Crippen LogP contribution in [-0.4, -0.2) is 91.2 Å². The highest BCUT2D eigenvalue weighted by Crippen LogP contribution is 2.09. The van der Waals surface area contributed by atoms with E-state index in [2.05, 4.69) is 14.8 Å². The maximum absolute atomic E-state index is 12.5. The number of hydrogen-bond donors (Lipinski definition) is 0. The molecule has 0 spiro atoms. The summed E-state index contributed by atoms with van der Waals surface area (Å²) >= 11 is 0. The Morgan fingerprint density at radius 3 is 2.42 bits per heavy atom. The van der Waals surface area contributed by atoms with Crippen LogP contribution in [0.5, 0.6) is 0 Å². The third-order valence-corrected chi connectivity index (χ3v) is 4.86. The first kappa shape index (κ1) is 17.3. The Labute approximate surface area is 144 Å². The molecule has 6 heteroatoms. The first-order valence-corrected chi connectivity index (χ1v) is 9.05. The van der Waals surface area contributed by atoms with Crippen molar-refractivity contribution in [2.75, 3.05) is 65.6 Å². The van der Waals surface area contributed by atoms with Crippen molar-refractivity contribution in [3.8, 4) is 0 Å². The standard InChI is InChI=1S/C18H28N4O2/c23-18(17-3-5-19-6-4-17)22-10-2-9-20(11-12-22)7-1-8-21-13-15-24-16-14-21/h3-6H,1-2,7-16H2. The monoisotopic (exact) mass is 332 g/mol. The molecule has 0 aliphatic carbocycles. The normalized spacial score (nSPS) is 20.8. The number of aromatic nitrogens is 1. The second kappa shape index (κ2) is 9.11. The van der Waals surface area contributed by atoms with Crippen LogP contribution in [-0.2, 0) is 4.74 Å². The van der Waals surface area contributed by atoms with Crippen LogP contribution < -0.4 is 0 Å². The summed E-state index contributed by atoms with van der Waals surface area (Å²) in [6.07, 6.45) is 5.61. The van der Waals surface area contributed by atoms with Crippen LogP contribution in [0.2, 0.25) is 0 Å². The summed E-state index contributed by atoms with van der Waals surface area (Å²) in [6, 6.07) is 3.60. The van der Waals surface area contributed by atoms with Gasteiger partial charge in [0, 0.05) is 50.7 Å². The van der Waals surface area contributed by atoms with Crippen LogP contribution in [0.4, 0.5) is 0 Å². The van der Waals surface area contributed by atoms with Crippen molar-refractivity contribution in [1.29, 1.82) is 0 Å². The molecule has 1 aromatic heterocycles. The summed E-state index contributed by atoms with van der Waals surface area (Å²) in [5.74, 6) is 0.132. The van der Waals surface area contributed by atoms with Crippen molar-refractivity contribution < 1.29 is 9.53 Å². The molecule has 1 aromatic rings. The van der Waals surface area contributed by atoms with E-state index in [0.29, 0.717) is 0 Å². The lowest BCUT2D eigenvalue weighted by atomic mass is 10.2. The summed E-state index contributed by atoms with van der Waals surface area (Å²) in [5.41, 5.74) is 0.741. The smallest absolute Gasteiger partial charge is 0.254 e. The van der Waals surface area contributed by atoms with E-state index in [0.717, 1.165) is 77.6 Å². The minimum absolute atomic E-state index is 0.132. The molecule has 2 aliphatic rings. The van der Waals surface area contributed by atoms with Gasteiger partial charge in [0.05, 0.1) is 13.2 Å². The zero-order chi connectivity index (χ0) is 16.6. The first-order valence-electron chi connectivity index (χ1n) is 9.05. The molecule has 3 rings (SSSR count). The Balaban J connectivity index is 1.40. The maximum atomic E-state index is 12.5. The number of pyridine rings is 1. The summed E-state index contributed by atoms with van der Waals surface area (Å²) in [5, 5.41) is 0. The van der Waals surface area contributed by atoms with Gasteiger partial charge in [0.2, 0.25) is 0 Å². The number of carbonyl (C=O) groups is 1. The molecule has 132 valence electrons. The average Bonchev–Trinajstić information content (AvgIpc) is 2.88. The Kier molecular flexibility index (Phi) is 6.57. The highest BCUT2D eigenvalue weighted by Gasteiger charge is 2.20. The molecule has 2 fully saturated rings. The maximum Gasteiger partial charge on any atom is 0.254 e. The van der Waals surface area contributed by atoms with Crippen molar-refractivity contribution in [3.05, 3.63) is 30.1 Å². The predicted molar refractivity (Wildman–Crippen MR) is 93.1 cm³/mol. The van der Waals surface area contributed by atoms with Crippen LogP contribution in [0.3, 0.4) is 0 Å². The topological polar surface area (TPSA) is 48.9 Å². The fraction of sp³-hybridized carbons (Fsp3) is 0.667. The molecule has 0 bridgehead atoms. The van der Waals surface area contributed by atoms with Gasteiger partial charge in [-0.15, -0.1) is 0 Å². The summed E-state index contributed by atoms with van der Waals surface area (Å²) in [7, 11) is 0. The SMILES string of the molecule is O=C(c1ccncc1)N1CCCN(CCCN2CCOCC2)CC1. The number of carbonyl (C=O) groups excluding carboxylic acids is 1. The summed E-state index contributed by atoms with van der Waals surface area (Å²) in [4.78, 5) is 23.5. The molecule has 0 aromatic carbocycles. The van der Waals surface area contributed by atoms with Crippen LogP contribution in [0.1, 0.15) is 23.2 Å². The number of ether oxygens (including phenoxy) is 1. The van der Waals surface area contributed by atoms with Crippen LogP contribution in [0.25, 0.3) is 0 Å². The quantitative estimate of drug-likeness (QED) is 0.804. The first-order chi connectivity index (χ1) is 11.8. The lowest BCUT2D eigenvalue weighted by Gasteiger charge is -2.28. The Morgan fingerprint density at radius 1 is 0.958 bits per heavy atom. The average molecular weight is 332 g/mol. The molecule has 0 unspecified atom stereocenters. The highest BCUT2D eigenvalue weighted by atomic mass is 16.5. The van der Waals surface area contributed by atoms with E-state index in [1.807, 2.05) is 4.90 Å². The summed E-state index contributed by atoms with van der Waals surface area (Å²) in [6.45, 7) is 9.87. The minimum atomic E-state index is 0.132. The van der Waals surface area contributed by atoms with Gasteiger partial charge in [-0.05, 0) is 44.6 Å². The fourth-order valence-corrected chi connectivity index (χ4v) is 3.42. The van der Waals surface area contributed by atoms with E-state index in [1.165, 1.54) is 6.42 Å². The van der Waals surface area contributed by atoms with Crippen LogP contribution in [0, 0.1) is 0 Å². The Bertz CT molecular complexity index is 505. The Hall–Kier alpha value is -1.50. The molecular formula is C18H28N4O2. The fourth-order valence-electron chi connectivity index (χ4n) is 3.42. The molecule has 24 heavy (non-hydrogen) atoms. The predicted octanol–water partition coefficient (Wildman–Crippen LogP) is 0.952. The molecule has 0 saturated carbocycles. The van der Waals surface area contributed by atoms with Gasteiger partial charge < -0.3 is 14.5 Å². The van der Waals surface area contributed by atoms with Gasteiger partial charge in [0.25, 0.3) is 5.91 Å². The second-order valence-electron chi connectivity index (χ2n) is 6.53. The molecule has 0 atom stereocenters. The van der Waals surface area contributed by atoms with E-state index in [-0.39, 0.29) is 5.91 Å². The van der Waals surface area contributed by atoms with Crippen LogP contribution >= 0.6 is 0 Å². The number of morpholine rings is 1. The third kappa shape index (κ3) is 5.00. The molecule has 0 radical (unpaired) electrons. The molecule has 3 heterocycles. The van der Waals surface area contributed by atoms with Gasteiger partial charge >= 0.3 is 0 Å². The van der Waals surface area contributed by atoms with Crippen molar-refractivity contribution in [3.63, 3.8) is 0 Å². The van der Waals surface area contributed by atoms with E-state index < -0.39 is 0 Å². The molecule has 0 N–H and O–H groups in total. The van der Waals surface area contributed by atoms with Crippen molar-refractivity contribution in [2.24, 2.45) is 0 Å². The number of hydrogen-bond acceptors (Lipinski definition) is 5. The van der Waals surface area contributed by atoms with Crippen molar-refractivity contribution >= 4 is 5.91 Å². The van der Waals surface area contributed by atoms with Gasteiger partial charge in [-0.25, -0.2) is 0 Å². The molecular weight excluding hydrogens is 304 g/mol. The van der Waals surface area contributed by atoms with Gasteiger partial charge in [-0.1, -0.05) is 0 Å². The molecule has 6 nitrogen and oxygen atoms in total. The third-order valence-electron chi connectivity index (χ3n) is 4.86. The Morgan fingerprint density at radius 2 is 1.67 bits per heavy atom. The van der Waals surface area contributed by atoms with Crippen molar-refractivity contribution in [1.82, 2.24) is 19.7 Å². The number of nitrogens with zero attached hydrogens (tertiary/aromatic N) is 4. The highest BCUT2D eigenvalue weighted by molar-refractivity contribution is 5.94. The van der Waals surface area contributed by atoms with Gasteiger partial charge in [0.15, 0.2) is 0 Å². The summed E-state index contributed by atoms with van der Waals surface area (Å²) < 4.78 is 5.39. The zero-order valence-electron chi connectivity index (χ0n) is 14.4.